The Morgan fingerprint density at radius 2 is 1.47 bits per heavy atom. The van der Waals surface area contributed by atoms with Gasteiger partial charge in [0.15, 0.2) is 0 Å². The van der Waals surface area contributed by atoms with Crippen LogP contribution in [0.3, 0.4) is 0 Å². The molecule has 1 aromatic carbocycles. The van der Waals surface area contributed by atoms with Crippen LogP contribution in [0.2, 0.25) is 0 Å². The zero-order chi connectivity index (χ0) is 11.5. The Bertz CT molecular complexity index is 279. The van der Waals surface area contributed by atoms with Crippen molar-refractivity contribution in [3.8, 4) is 0 Å². The highest BCUT2D eigenvalue weighted by molar-refractivity contribution is 5.17. The minimum atomic E-state index is -0.596. The van der Waals surface area contributed by atoms with Crippen LogP contribution in [0, 0.1) is 11.8 Å². The third kappa shape index (κ3) is 2.82. The lowest BCUT2D eigenvalue weighted by molar-refractivity contribution is -0.0462. The normalized spacial score (nSPS) is 12.5. The monoisotopic (exact) mass is 206 g/mol. The minimum Gasteiger partial charge on any atom is -0.389 e. The van der Waals surface area contributed by atoms with Gasteiger partial charge in [-0.3, -0.25) is 0 Å². The van der Waals surface area contributed by atoms with Crippen LogP contribution in [0.1, 0.15) is 33.3 Å². The molecule has 1 aromatic rings. The summed E-state index contributed by atoms with van der Waals surface area (Å²) in [6, 6.07) is 10.2. The molecule has 1 rings (SSSR count). The fraction of sp³-hybridized carbons (Fsp3) is 0.571. The summed E-state index contributed by atoms with van der Waals surface area (Å²) < 4.78 is 0. The molecule has 0 saturated carbocycles. The summed E-state index contributed by atoms with van der Waals surface area (Å²) in [6.07, 6.45) is 0.739. The van der Waals surface area contributed by atoms with Gasteiger partial charge in [0.2, 0.25) is 0 Å². The lowest BCUT2D eigenvalue weighted by Gasteiger charge is -2.36. The van der Waals surface area contributed by atoms with E-state index in [1.54, 1.807) is 0 Å². The van der Waals surface area contributed by atoms with Crippen molar-refractivity contribution >= 4 is 0 Å². The molecule has 1 heteroatoms. The van der Waals surface area contributed by atoms with Gasteiger partial charge in [-0.2, -0.15) is 0 Å². The number of benzene rings is 1. The van der Waals surface area contributed by atoms with E-state index in [1.807, 2.05) is 18.2 Å². The van der Waals surface area contributed by atoms with Crippen molar-refractivity contribution in [2.45, 2.75) is 39.7 Å². The van der Waals surface area contributed by atoms with Crippen LogP contribution in [-0.2, 0) is 6.42 Å². The van der Waals surface area contributed by atoms with Crippen LogP contribution in [-0.4, -0.2) is 10.7 Å². The number of hydrogen-bond donors (Lipinski definition) is 1. The zero-order valence-electron chi connectivity index (χ0n) is 10.2. The van der Waals surface area contributed by atoms with Gasteiger partial charge >= 0.3 is 0 Å². The summed E-state index contributed by atoms with van der Waals surface area (Å²) >= 11 is 0. The van der Waals surface area contributed by atoms with Crippen molar-refractivity contribution in [1.82, 2.24) is 0 Å². The van der Waals surface area contributed by atoms with Crippen molar-refractivity contribution in [2.75, 3.05) is 0 Å². The zero-order valence-corrected chi connectivity index (χ0v) is 10.2. The van der Waals surface area contributed by atoms with E-state index in [2.05, 4.69) is 39.8 Å². The average Bonchev–Trinajstić information content (AvgIpc) is 2.18. The summed E-state index contributed by atoms with van der Waals surface area (Å²) in [6.45, 7) is 8.35. The van der Waals surface area contributed by atoms with Crippen molar-refractivity contribution in [1.29, 1.82) is 0 Å². The molecule has 1 nitrogen and oxygen atoms in total. The molecule has 0 spiro atoms. The number of rotatable bonds is 4. The van der Waals surface area contributed by atoms with Gasteiger partial charge in [-0.15, -0.1) is 0 Å². The van der Waals surface area contributed by atoms with Gasteiger partial charge in [0, 0.05) is 6.42 Å². The van der Waals surface area contributed by atoms with Gasteiger partial charge in [0.25, 0.3) is 0 Å². The van der Waals surface area contributed by atoms with Gasteiger partial charge in [-0.25, -0.2) is 0 Å². The van der Waals surface area contributed by atoms with Crippen molar-refractivity contribution in [3.05, 3.63) is 35.9 Å². The van der Waals surface area contributed by atoms with Gasteiger partial charge in [-0.1, -0.05) is 58.0 Å². The number of aliphatic hydroxyl groups is 1. The summed E-state index contributed by atoms with van der Waals surface area (Å²) in [4.78, 5) is 0. The van der Waals surface area contributed by atoms with Gasteiger partial charge in [0.1, 0.15) is 0 Å². The first-order valence-electron chi connectivity index (χ1n) is 5.73. The molecule has 0 atom stereocenters. The summed E-state index contributed by atoms with van der Waals surface area (Å²) in [7, 11) is 0. The fourth-order valence-electron chi connectivity index (χ4n) is 2.00. The molecule has 84 valence electrons. The lowest BCUT2D eigenvalue weighted by Crippen LogP contribution is -2.42. The van der Waals surface area contributed by atoms with E-state index in [-0.39, 0.29) is 11.8 Å². The second kappa shape index (κ2) is 4.80. The van der Waals surface area contributed by atoms with Gasteiger partial charge < -0.3 is 5.11 Å². The first-order chi connectivity index (χ1) is 6.97. The molecule has 0 radical (unpaired) electrons. The molecule has 0 aliphatic rings. The topological polar surface area (TPSA) is 20.2 Å². The van der Waals surface area contributed by atoms with Crippen LogP contribution >= 0.6 is 0 Å². The molecule has 0 fully saturated rings. The molecule has 0 heterocycles. The van der Waals surface area contributed by atoms with E-state index in [4.69, 9.17) is 0 Å². The second-order valence-electron chi connectivity index (χ2n) is 4.96. The Labute approximate surface area is 93.1 Å². The van der Waals surface area contributed by atoms with Crippen molar-refractivity contribution < 1.29 is 5.11 Å². The quantitative estimate of drug-likeness (QED) is 0.801. The molecule has 0 aliphatic carbocycles. The third-order valence-corrected chi connectivity index (χ3v) is 3.33. The second-order valence-corrected chi connectivity index (χ2v) is 4.96. The SMILES string of the molecule is CC(C)C(O)(Cc1ccccc1)C(C)C. The van der Waals surface area contributed by atoms with Gasteiger partial charge in [-0.05, 0) is 17.4 Å². The molecular formula is C14H22O. The van der Waals surface area contributed by atoms with E-state index >= 15 is 0 Å². The molecule has 0 aliphatic heterocycles. The Kier molecular flexibility index (Phi) is 3.92. The van der Waals surface area contributed by atoms with Crippen LogP contribution in [0.15, 0.2) is 30.3 Å². The van der Waals surface area contributed by atoms with E-state index in [1.165, 1.54) is 5.56 Å². The Hall–Kier alpha value is -0.820. The first-order valence-corrected chi connectivity index (χ1v) is 5.73. The third-order valence-electron chi connectivity index (χ3n) is 3.33. The molecule has 0 amide bonds. The first kappa shape index (κ1) is 12.3. The molecule has 0 saturated heterocycles. The smallest absolute Gasteiger partial charge is 0.0733 e. The maximum Gasteiger partial charge on any atom is 0.0733 e. The molecule has 0 unspecified atom stereocenters. The molecule has 1 N–H and O–H groups in total. The highest BCUT2D eigenvalue weighted by Crippen LogP contribution is 2.29. The van der Waals surface area contributed by atoms with E-state index < -0.39 is 5.60 Å². The van der Waals surface area contributed by atoms with Gasteiger partial charge in [0.05, 0.1) is 5.60 Å². The maximum atomic E-state index is 10.6. The van der Waals surface area contributed by atoms with Crippen LogP contribution in [0.4, 0.5) is 0 Å². The largest absolute Gasteiger partial charge is 0.389 e. The average molecular weight is 206 g/mol. The predicted molar refractivity (Wildman–Crippen MR) is 64.8 cm³/mol. The van der Waals surface area contributed by atoms with Crippen LogP contribution in [0.25, 0.3) is 0 Å². The summed E-state index contributed by atoms with van der Waals surface area (Å²) in [5.74, 6) is 0.551. The Balaban J connectivity index is 2.85. The maximum absolute atomic E-state index is 10.6. The summed E-state index contributed by atoms with van der Waals surface area (Å²) in [5, 5.41) is 10.6. The molecular weight excluding hydrogens is 184 g/mol. The fourth-order valence-corrected chi connectivity index (χ4v) is 2.00. The Morgan fingerprint density at radius 3 is 1.87 bits per heavy atom. The standard InChI is InChI=1S/C14H22O/c1-11(2)14(15,12(3)4)10-13-8-6-5-7-9-13/h5-9,11-12,15H,10H2,1-4H3. The van der Waals surface area contributed by atoms with Crippen molar-refractivity contribution in [3.63, 3.8) is 0 Å². The van der Waals surface area contributed by atoms with Crippen LogP contribution in [0.5, 0.6) is 0 Å². The summed E-state index contributed by atoms with van der Waals surface area (Å²) in [5.41, 5.74) is 0.615. The van der Waals surface area contributed by atoms with Crippen molar-refractivity contribution in [2.24, 2.45) is 11.8 Å². The molecule has 15 heavy (non-hydrogen) atoms. The van der Waals surface area contributed by atoms with E-state index in [0.29, 0.717) is 0 Å². The highest BCUT2D eigenvalue weighted by atomic mass is 16.3. The highest BCUT2D eigenvalue weighted by Gasteiger charge is 2.34. The van der Waals surface area contributed by atoms with E-state index in [0.717, 1.165) is 6.42 Å². The minimum absolute atomic E-state index is 0.276. The Morgan fingerprint density at radius 1 is 1.00 bits per heavy atom. The molecule has 0 aromatic heterocycles. The lowest BCUT2D eigenvalue weighted by atomic mass is 9.76. The number of hydrogen-bond acceptors (Lipinski definition) is 1. The predicted octanol–water partition coefficient (Wildman–Crippen LogP) is 3.27. The van der Waals surface area contributed by atoms with Crippen LogP contribution < -0.4 is 0 Å². The molecule has 0 bridgehead atoms. The van der Waals surface area contributed by atoms with E-state index in [9.17, 15) is 5.11 Å².